The lowest BCUT2D eigenvalue weighted by molar-refractivity contribution is -0.00689. The first-order valence-electron chi connectivity index (χ1n) is 6.92. The average Bonchev–Trinajstić information content (AvgIpc) is 2.47. The number of benzene rings is 1. The molecular formula is C15H20ClNO3. The maximum Gasteiger partial charge on any atom is 0.176 e. The van der Waals surface area contributed by atoms with Gasteiger partial charge in [-0.15, -0.1) is 0 Å². The minimum atomic E-state index is 0.0647. The van der Waals surface area contributed by atoms with Gasteiger partial charge in [-0.25, -0.2) is 0 Å². The van der Waals surface area contributed by atoms with Crippen LogP contribution in [0, 0.1) is 0 Å². The van der Waals surface area contributed by atoms with E-state index in [0.29, 0.717) is 23.7 Å². The molecule has 20 heavy (non-hydrogen) atoms. The third kappa shape index (κ3) is 4.56. The molecule has 0 saturated carbocycles. The Morgan fingerprint density at radius 1 is 1.30 bits per heavy atom. The molecule has 1 saturated heterocycles. The van der Waals surface area contributed by atoms with Gasteiger partial charge >= 0.3 is 0 Å². The average molecular weight is 298 g/mol. The second kappa shape index (κ2) is 7.74. The lowest BCUT2D eigenvalue weighted by Gasteiger charge is -2.31. The molecule has 0 atom stereocenters. The van der Waals surface area contributed by atoms with Gasteiger partial charge in [0.15, 0.2) is 5.78 Å². The van der Waals surface area contributed by atoms with Crippen molar-refractivity contribution in [1.82, 2.24) is 4.90 Å². The van der Waals surface area contributed by atoms with Crippen LogP contribution in [-0.2, 0) is 4.74 Å². The molecule has 0 aromatic heterocycles. The van der Waals surface area contributed by atoms with Gasteiger partial charge in [0, 0.05) is 23.7 Å². The SMILES string of the molecule is O=C(CN1CCC(OCCO)CC1)c1ccc(Cl)cc1. The third-order valence-electron chi connectivity index (χ3n) is 3.51. The Labute approximate surface area is 124 Å². The van der Waals surface area contributed by atoms with E-state index in [1.54, 1.807) is 24.3 Å². The van der Waals surface area contributed by atoms with Crippen LogP contribution < -0.4 is 0 Å². The molecule has 4 nitrogen and oxygen atoms in total. The fourth-order valence-corrected chi connectivity index (χ4v) is 2.51. The zero-order valence-corrected chi connectivity index (χ0v) is 12.2. The lowest BCUT2D eigenvalue weighted by Crippen LogP contribution is -2.40. The number of aliphatic hydroxyl groups excluding tert-OH is 1. The molecule has 1 aromatic rings. The second-order valence-electron chi connectivity index (χ2n) is 5.00. The van der Waals surface area contributed by atoms with Gasteiger partial charge in [-0.1, -0.05) is 11.6 Å². The number of carbonyl (C=O) groups excluding carboxylic acids is 1. The van der Waals surface area contributed by atoms with Gasteiger partial charge in [0.1, 0.15) is 0 Å². The van der Waals surface area contributed by atoms with Crippen LogP contribution in [0.4, 0.5) is 0 Å². The van der Waals surface area contributed by atoms with E-state index in [1.165, 1.54) is 0 Å². The van der Waals surface area contributed by atoms with Crippen LogP contribution in [0.5, 0.6) is 0 Å². The van der Waals surface area contributed by atoms with Crippen molar-refractivity contribution in [3.05, 3.63) is 34.9 Å². The number of likely N-dealkylation sites (tertiary alicyclic amines) is 1. The molecule has 0 unspecified atom stereocenters. The summed E-state index contributed by atoms with van der Waals surface area (Å²) in [6.07, 6.45) is 2.03. The van der Waals surface area contributed by atoms with Gasteiger partial charge in [0.05, 0.1) is 25.9 Å². The van der Waals surface area contributed by atoms with Gasteiger partial charge in [-0.05, 0) is 37.1 Å². The van der Waals surface area contributed by atoms with Crippen LogP contribution in [0.15, 0.2) is 24.3 Å². The first-order chi connectivity index (χ1) is 9.69. The van der Waals surface area contributed by atoms with Crippen molar-refractivity contribution in [3.8, 4) is 0 Å². The number of aliphatic hydroxyl groups is 1. The lowest BCUT2D eigenvalue weighted by atomic mass is 10.1. The van der Waals surface area contributed by atoms with E-state index in [4.69, 9.17) is 21.4 Å². The predicted octanol–water partition coefficient (Wildman–Crippen LogP) is 2.00. The highest BCUT2D eigenvalue weighted by atomic mass is 35.5. The number of ketones is 1. The molecule has 0 radical (unpaired) electrons. The van der Waals surface area contributed by atoms with Gasteiger partial charge in [-0.2, -0.15) is 0 Å². The van der Waals surface area contributed by atoms with Gasteiger partial charge in [-0.3, -0.25) is 9.69 Å². The molecule has 0 amide bonds. The number of rotatable bonds is 6. The van der Waals surface area contributed by atoms with Crippen molar-refractivity contribution < 1.29 is 14.6 Å². The van der Waals surface area contributed by atoms with Gasteiger partial charge in [0.25, 0.3) is 0 Å². The summed E-state index contributed by atoms with van der Waals surface area (Å²) in [5.74, 6) is 0.122. The number of halogens is 1. The predicted molar refractivity (Wildman–Crippen MR) is 78.3 cm³/mol. The van der Waals surface area contributed by atoms with E-state index in [0.717, 1.165) is 25.9 Å². The molecule has 1 aliphatic rings. The number of carbonyl (C=O) groups is 1. The minimum Gasteiger partial charge on any atom is -0.394 e. The zero-order chi connectivity index (χ0) is 14.4. The Kier molecular flexibility index (Phi) is 5.98. The molecule has 1 aliphatic heterocycles. The van der Waals surface area contributed by atoms with Crippen LogP contribution in [0.1, 0.15) is 23.2 Å². The normalized spacial score (nSPS) is 17.3. The molecule has 1 aromatic carbocycles. The van der Waals surface area contributed by atoms with Crippen LogP contribution in [-0.4, -0.2) is 54.7 Å². The smallest absolute Gasteiger partial charge is 0.176 e. The largest absolute Gasteiger partial charge is 0.394 e. The summed E-state index contributed by atoms with van der Waals surface area (Å²) in [5, 5.41) is 9.37. The first-order valence-corrected chi connectivity index (χ1v) is 7.30. The van der Waals surface area contributed by atoms with Crippen molar-refractivity contribution in [2.45, 2.75) is 18.9 Å². The fourth-order valence-electron chi connectivity index (χ4n) is 2.38. The molecule has 0 bridgehead atoms. The minimum absolute atomic E-state index is 0.0647. The molecule has 2 rings (SSSR count). The monoisotopic (exact) mass is 297 g/mol. The van der Waals surface area contributed by atoms with Crippen molar-refractivity contribution in [2.75, 3.05) is 32.8 Å². The number of ether oxygens (including phenoxy) is 1. The molecule has 110 valence electrons. The summed E-state index contributed by atoms with van der Waals surface area (Å²) in [4.78, 5) is 14.3. The van der Waals surface area contributed by atoms with Gasteiger partial charge in [0.2, 0.25) is 0 Å². The number of hydrogen-bond acceptors (Lipinski definition) is 4. The van der Waals surface area contributed by atoms with E-state index in [9.17, 15) is 4.79 Å². The van der Waals surface area contributed by atoms with Crippen molar-refractivity contribution >= 4 is 17.4 Å². The van der Waals surface area contributed by atoms with Crippen LogP contribution in [0.3, 0.4) is 0 Å². The first kappa shape index (κ1) is 15.4. The van der Waals surface area contributed by atoms with Crippen molar-refractivity contribution in [3.63, 3.8) is 0 Å². The van der Waals surface area contributed by atoms with E-state index >= 15 is 0 Å². The number of hydrogen-bond donors (Lipinski definition) is 1. The number of piperidine rings is 1. The summed E-state index contributed by atoms with van der Waals surface area (Å²) in [5.41, 5.74) is 0.702. The van der Waals surface area contributed by atoms with Crippen LogP contribution in [0.25, 0.3) is 0 Å². The topological polar surface area (TPSA) is 49.8 Å². The highest BCUT2D eigenvalue weighted by Gasteiger charge is 2.21. The molecule has 1 fully saturated rings. The van der Waals surface area contributed by atoms with E-state index in [1.807, 2.05) is 0 Å². The molecular weight excluding hydrogens is 278 g/mol. The van der Waals surface area contributed by atoms with E-state index < -0.39 is 0 Å². The maximum absolute atomic E-state index is 12.1. The van der Waals surface area contributed by atoms with Crippen molar-refractivity contribution in [1.29, 1.82) is 0 Å². The summed E-state index contributed by atoms with van der Waals surface area (Å²) >= 11 is 5.81. The summed E-state index contributed by atoms with van der Waals surface area (Å²) in [7, 11) is 0. The van der Waals surface area contributed by atoms with Crippen LogP contribution in [0.2, 0.25) is 5.02 Å². The summed E-state index contributed by atoms with van der Waals surface area (Å²) < 4.78 is 5.51. The third-order valence-corrected chi connectivity index (χ3v) is 3.76. The Morgan fingerprint density at radius 2 is 1.95 bits per heavy atom. The maximum atomic E-state index is 12.1. The summed E-state index contributed by atoms with van der Waals surface area (Å²) in [6, 6.07) is 7.01. The Balaban J connectivity index is 1.77. The summed E-state index contributed by atoms with van der Waals surface area (Å²) in [6.45, 7) is 2.61. The van der Waals surface area contributed by atoms with E-state index in [-0.39, 0.29) is 18.5 Å². The molecule has 0 aliphatic carbocycles. The highest BCUT2D eigenvalue weighted by Crippen LogP contribution is 2.15. The standard InChI is InChI=1S/C15H20ClNO3/c16-13-3-1-12(2-4-13)15(19)11-17-7-5-14(6-8-17)20-10-9-18/h1-4,14,18H,5-11H2. The molecule has 5 heteroatoms. The van der Waals surface area contributed by atoms with E-state index in [2.05, 4.69) is 4.90 Å². The molecule has 0 spiro atoms. The Morgan fingerprint density at radius 3 is 2.55 bits per heavy atom. The Bertz CT molecular complexity index is 427. The zero-order valence-electron chi connectivity index (χ0n) is 11.4. The number of Topliss-reactive ketones (excluding diaryl/α,β-unsaturated/α-hetero) is 1. The fraction of sp³-hybridized carbons (Fsp3) is 0.533. The molecule has 1 heterocycles. The second-order valence-corrected chi connectivity index (χ2v) is 5.44. The number of nitrogens with zero attached hydrogens (tertiary/aromatic N) is 1. The van der Waals surface area contributed by atoms with Crippen molar-refractivity contribution in [2.24, 2.45) is 0 Å². The molecule has 1 N–H and O–H groups in total. The quantitative estimate of drug-likeness (QED) is 0.816. The Hall–Kier alpha value is -0.940. The highest BCUT2D eigenvalue weighted by molar-refractivity contribution is 6.30. The van der Waals surface area contributed by atoms with Gasteiger partial charge < -0.3 is 9.84 Å². The van der Waals surface area contributed by atoms with Crippen LogP contribution >= 0.6 is 11.6 Å².